The molecule has 1 saturated carbocycles. The molecule has 5 aliphatic rings. The highest BCUT2D eigenvalue weighted by molar-refractivity contribution is 5.24. The fourth-order valence-corrected chi connectivity index (χ4v) is 9.41. The van der Waals surface area contributed by atoms with E-state index >= 15 is 0 Å². The predicted octanol–water partition coefficient (Wildman–Crippen LogP) is 0.00100. The molecule has 0 aromatic rings. The first-order valence-corrected chi connectivity index (χ1v) is 19.0. The Morgan fingerprint density at radius 3 is 1.98 bits per heavy atom. The standard InChI is InChI=1S/C38H64O15/c1-9-36(6,53-35-32(29(45)25(41)20(5)49-35)52-33-30(46)27(43)24(40)19(4)48-33)13-14-37(7)18(3)15-23(38(8)17(2)11-10-12-22(37)38)51-34-31(47)28(44)26(42)21(16-39)50-34/h9,11,18-35,39-47H,1,10,12-16H2,2-8H3/t18-,19-,20+,21-,22-,23+,24+,25+,26-,27+,28+,29-,30-,31-,32-,33+,34+,35+,36-,37+,38+/m1/s1. The Labute approximate surface area is 312 Å². The van der Waals surface area contributed by atoms with E-state index in [2.05, 4.69) is 40.3 Å². The Morgan fingerprint density at radius 2 is 1.38 bits per heavy atom. The number of aliphatic hydroxyl groups is 9. The average Bonchev–Trinajstić information content (AvgIpc) is 3.12. The largest absolute Gasteiger partial charge is 0.394 e. The van der Waals surface area contributed by atoms with Gasteiger partial charge in [0.15, 0.2) is 18.9 Å². The second-order valence-corrected chi connectivity index (χ2v) is 16.9. The predicted molar refractivity (Wildman–Crippen MR) is 188 cm³/mol. The van der Waals surface area contributed by atoms with Crippen LogP contribution in [0.2, 0.25) is 0 Å². The van der Waals surface area contributed by atoms with Crippen molar-refractivity contribution in [2.75, 3.05) is 6.61 Å². The summed E-state index contributed by atoms with van der Waals surface area (Å²) < 4.78 is 36.5. The molecular weight excluding hydrogens is 696 g/mol. The van der Waals surface area contributed by atoms with Gasteiger partial charge in [-0.3, -0.25) is 0 Å². The zero-order valence-electron chi connectivity index (χ0n) is 32.0. The third-order valence-corrected chi connectivity index (χ3v) is 13.6. The lowest BCUT2D eigenvalue weighted by molar-refractivity contribution is -0.370. The van der Waals surface area contributed by atoms with Gasteiger partial charge in [0.25, 0.3) is 0 Å². The van der Waals surface area contributed by atoms with E-state index in [4.69, 9.17) is 28.4 Å². The smallest absolute Gasteiger partial charge is 0.187 e. The lowest BCUT2D eigenvalue weighted by Gasteiger charge is -2.61. The molecule has 5 rings (SSSR count). The molecule has 0 spiro atoms. The van der Waals surface area contributed by atoms with Crippen LogP contribution < -0.4 is 0 Å². The van der Waals surface area contributed by atoms with E-state index < -0.39 is 116 Å². The van der Waals surface area contributed by atoms with E-state index in [1.165, 1.54) is 6.92 Å². The van der Waals surface area contributed by atoms with E-state index in [1.54, 1.807) is 13.0 Å². The van der Waals surface area contributed by atoms with Crippen LogP contribution in [0.1, 0.15) is 80.6 Å². The quantitative estimate of drug-likeness (QED) is 0.126. The average molecular weight is 761 g/mol. The summed E-state index contributed by atoms with van der Waals surface area (Å²) in [5.41, 5.74) is -0.667. The van der Waals surface area contributed by atoms with Crippen molar-refractivity contribution in [3.05, 3.63) is 24.3 Å². The summed E-state index contributed by atoms with van der Waals surface area (Å²) in [7, 11) is 0. The highest BCUT2D eigenvalue weighted by atomic mass is 16.8. The normalized spacial score (nSPS) is 51.9. The molecule has 3 heterocycles. The summed E-state index contributed by atoms with van der Waals surface area (Å²) in [6.45, 7) is 17.1. The minimum absolute atomic E-state index is 0.0862. The fourth-order valence-electron chi connectivity index (χ4n) is 9.41. The summed E-state index contributed by atoms with van der Waals surface area (Å²) in [4.78, 5) is 0. The number of rotatable bonds is 11. The summed E-state index contributed by atoms with van der Waals surface area (Å²) >= 11 is 0. The molecule has 4 fully saturated rings. The summed E-state index contributed by atoms with van der Waals surface area (Å²) in [5.74, 6) is 0.184. The molecular formula is C38H64O15. The monoisotopic (exact) mass is 760 g/mol. The molecule has 21 atom stereocenters. The SMILES string of the molecule is C=C[C@](C)(CC[C@@]1(C)[C@H](C)C[C@H](O[C@@H]2O[C@H](CO)[C@@H](O)[C@H](O)[C@H]2O)[C@@]2(C)C(C)=CCC[C@H]12)O[C@@H]1O[C@@H](C)[C@H](O)[C@@H](O)[C@H]1O[C@@H]1O[C@H](C)[C@H](O)[C@H](O)[C@H]1O. The summed E-state index contributed by atoms with van der Waals surface area (Å²) in [5, 5.41) is 94.5. The van der Waals surface area contributed by atoms with Gasteiger partial charge in [0, 0.05) is 5.41 Å². The maximum atomic E-state index is 11.2. The number of hydrogen-bond acceptors (Lipinski definition) is 15. The van der Waals surface area contributed by atoms with Gasteiger partial charge in [-0.1, -0.05) is 38.5 Å². The van der Waals surface area contributed by atoms with Crippen LogP contribution >= 0.6 is 0 Å². The first kappa shape index (κ1) is 43.0. The van der Waals surface area contributed by atoms with Crippen LogP contribution in [-0.2, 0) is 28.4 Å². The minimum Gasteiger partial charge on any atom is -0.394 e. The van der Waals surface area contributed by atoms with Crippen LogP contribution in [0.4, 0.5) is 0 Å². The van der Waals surface area contributed by atoms with Crippen molar-refractivity contribution in [1.29, 1.82) is 0 Å². The number of allylic oxidation sites excluding steroid dienone is 1. The van der Waals surface area contributed by atoms with Gasteiger partial charge in [0.2, 0.25) is 0 Å². The number of aliphatic hydroxyl groups excluding tert-OH is 9. The molecule has 0 unspecified atom stereocenters. The van der Waals surface area contributed by atoms with Gasteiger partial charge in [0.1, 0.15) is 61.0 Å². The van der Waals surface area contributed by atoms with Crippen molar-refractivity contribution in [2.45, 2.75) is 184 Å². The first-order valence-electron chi connectivity index (χ1n) is 19.0. The molecule has 0 radical (unpaired) electrons. The van der Waals surface area contributed by atoms with Crippen LogP contribution in [0.25, 0.3) is 0 Å². The summed E-state index contributed by atoms with van der Waals surface area (Å²) in [6.07, 6.45) is -13.2. The van der Waals surface area contributed by atoms with E-state index in [0.29, 0.717) is 19.3 Å². The second-order valence-electron chi connectivity index (χ2n) is 16.9. The van der Waals surface area contributed by atoms with Crippen molar-refractivity contribution < 1.29 is 74.4 Å². The Morgan fingerprint density at radius 1 is 0.811 bits per heavy atom. The van der Waals surface area contributed by atoms with Crippen molar-refractivity contribution in [3.8, 4) is 0 Å². The lowest BCUT2D eigenvalue weighted by atomic mass is 9.45. The van der Waals surface area contributed by atoms with Gasteiger partial charge in [-0.05, 0) is 77.0 Å². The van der Waals surface area contributed by atoms with Crippen LogP contribution in [0, 0.1) is 22.7 Å². The van der Waals surface area contributed by atoms with Crippen molar-refractivity contribution in [1.82, 2.24) is 0 Å². The zero-order valence-corrected chi connectivity index (χ0v) is 32.0. The lowest BCUT2D eigenvalue weighted by Crippen LogP contribution is -2.64. The van der Waals surface area contributed by atoms with Gasteiger partial charge in [0.05, 0.1) is 30.5 Å². The third kappa shape index (κ3) is 7.92. The van der Waals surface area contributed by atoms with Crippen LogP contribution in [0.5, 0.6) is 0 Å². The molecule has 0 amide bonds. The minimum atomic E-state index is -1.65. The summed E-state index contributed by atoms with van der Waals surface area (Å²) in [6, 6.07) is 0. The topological polar surface area (TPSA) is 237 Å². The van der Waals surface area contributed by atoms with Crippen LogP contribution in [0.15, 0.2) is 24.3 Å². The molecule has 53 heavy (non-hydrogen) atoms. The Balaban J connectivity index is 1.35. The van der Waals surface area contributed by atoms with Gasteiger partial charge >= 0.3 is 0 Å². The second kappa shape index (κ2) is 16.4. The molecule has 0 aromatic heterocycles. The fraction of sp³-hybridized carbons (Fsp3) is 0.895. The molecule has 15 heteroatoms. The number of ether oxygens (including phenoxy) is 6. The van der Waals surface area contributed by atoms with E-state index in [-0.39, 0.29) is 17.3 Å². The molecule has 306 valence electrons. The Kier molecular flexibility index (Phi) is 13.3. The zero-order chi connectivity index (χ0) is 39.4. The molecule has 0 bridgehead atoms. The Bertz CT molecular complexity index is 1280. The van der Waals surface area contributed by atoms with Gasteiger partial charge in [-0.25, -0.2) is 0 Å². The molecule has 3 aliphatic heterocycles. The molecule has 0 aromatic carbocycles. The Hall–Kier alpha value is -1.12. The molecule has 2 aliphatic carbocycles. The van der Waals surface area contributed by atoms with E-state index in [1.807, 2.05) is 6.92 Å². The molecule has 9 N–H and O–H groups in total. The molecule has 15 nitrogen and oxygen atoms in total. The maximum absolute atomic E-state index is 11.2. The third-order valence-electron chi connectivity index (χ3n) is 13.6. The van der Waals surface area contributed by atoms with Gasteiger partial charge in [-0.2, -0.15) is 0 Å². The highest BCUT2D eigenvalue weighted by Crippen LogP contribution is 2.63. The highest BCUT2D eigenvalue weighted by Gasteiger charge is 2.60. The van der Waals surface area contributed by atoms with Gasteiger partial charge in [-0.15, -0.1) is 6.58 Å². The maximum Gasteiger partial charge on any atom is 0.187 e. The van der Waals surface area contributed by atoms with Crippen LogP contribution in [-0.4, -0.2) is 156 Å². The molecule has 3 saturated heterocycles. The number of hydrogen-bond donors (Lipinski definition) is 9. The van der Waals surface area contributed by atoms with Crippen LogP contribution in [0.3, 0.4) is 0 Å². The first-order chi connectivity index (χ1) is 24.7. The van der Waals surface area contributed by atoms with Crippen molar-refractivity contribution >= 4 is 0 Å². The van der Waals surface area contributed by atoms with Crippen molar-refractivity contribution in [2.24, 2.45) is 22.7 Å². The van der Waals surface area contributed by atoms with Gasteiger partial charge < -0.3 is 74.4 Å². The number of fused-ring (bicyclic) bond motifs is 1. The van der Waals surface area contributed by atoms with E-state index in [9.17, 15) is 46.0 Å². The van der Waals surface area contributed by atoms with Crippen molar-refractivity contribution in [3.63, 3.8) is 0 Å². The van der Waals surface area contributed by atoms with E-state index in [0.717, 1.165) is 18.4 Å².